The number of benzene rings is 2. The third-order valence-corrected chi connectivity index (χ3v) is 4.21. The van der Waals surface area contributed by atoms with Gasteiger partial charge in [-0.25, -0.2) is 4.99 Å². The average molecular weight is 450 g/mol. The number of hydrogen-bond donors (Lipinski definition) is 2. The van der Waals surface area contributed by atoms with Crippen LogP contribution in [0.5, 0.6) is 0 Å². The van der Waals surface area contributed by atoms with Crippen molar-refractivity contribution in [2.75, 3.05) is 23.3 Å². The number of guanidine groups is 1. The second kappa shape index (κ2) is 8.84. The Hall–Kier alpha value is -2.09. The highest BCUT2D eigenvalue weighted by Gasteiger charge is 2.23. The average Bonchev–Trinajstić information content (AvgIpc) is 3.04. The molecule has 25 heavy (non-hydrogen) atoms. The molecule has 0 radical (unpaired) electrons. The second-order valence-electron chi connectivity index (χ2n) is 5.80. The van der Waals surface area contributed by atoms with Gasteiger partial charge in [-0.2, -0.15) is 0 Å². The maximum atomic E-state index is 12.4. The summed E-state index contributed by atoms with van der Waals surface area (Å²) in [4.78, 5) is 18.3. The number of aliphatic imine (C=N–C) groups is 1. The Kier molecular flexibility index (Phi) is 6.81. The number of fused-ring (bicyclic) bond motifs is 1. The van der Waals surface area contributed by atoms with Crippen LogP contribution in [-0.4, -0.2) is 25.0 Å². The van der Waals surface area contributed by atoms with Crippen LogP contribution in [0.1, 0.15) is 18.1 Å². The summed E-state index contributed by atoms with van der Waals surface area (Å²) < 4.78 is 0. The Morgan fingerprint density at radius 2 is 1.92 bits per heavy atom. The molecular formula is C19H23IN4O. The Labute approximate surface area is 165 Å². The molecule has 132 valence electrons. The summed E-state index contributed by atoms with van der Waals surface area (Å²) in [6, 6.07) is 16.0. The molecule has 2 aromatic carbocycles. The topological polar surface area (TPSA) is 70.7 Å². The quantitative estimate of drug-likeness (QED) is 0.427. The zero-order valence-electron chi connectivity index (χ0n) is 14.2. The van der Waals surface area contributed by atoms with E-state index in [2.05, 4.69) is 23.3 Å². The summed E-state index contributed by atoms with van der Waals surface area (Å²) in [6.07, 6.45) is 1.89. The van der Waals surface area contributed by atoms with Gasteiger partial charge >= 0.3 is 0 Å². The first-order valence-corrected chi connectivity index (χ1v) is 8.21. The van der Waals surface area contributed by atoms with Crippen LogP contribution in [0.15, 0.2) is 53.5 Å². The molecule has 0 fully saturated rings. The van der Waals surface area contributed by atoms with E-state index in [1.165, 1.54) is 11.1 Å². The van der Waals surface area contributed by atoms with Gasteiger partial charge in [0.15, 0.2) is 5.96 Å². The minimum atomic E-state index is -0.0361. The van der Waals surface area contributed by atoms with E-state index in [9.17, 15) is 4.79 Å². The molecule has 0 saturated heterocycles. The predicted octanol–water partition coefficient (Wildman–Crippen LogP) is 3.18. The first kappa shape index (κ1) is 19.2. The first-order chi connectivity index (χ1) is 11.7. The lowest BCUT2D eigenvalue weighted by molar-refractivity contribution is -0.117. The van der Waals surface area contributed by atoms with Gasteiger partial charge in [0.25, 0.3) is 0 Å². The molecule has 1 amide bonds. The van der Waals surface area contributed by atoms with Gasteiger partial charge in [-0.05, 0) is 42.2 Å². The van der Waals surface area contributed by atoms with Crippen molar-refractivity contribution in [2.24, 2.45) is 10.7 Å². The Bertz CT molecular complexity index is 758. The zero-order valence-corrected chi connectivity index (χ0v) is 16.6. The molecule has 3 rings (SSSR count). The number of nitrogens with two attached hydrogens (primary N) is 1. The Morgan fingerprint density at radius 3 is 2.64 bits per heavy atom. The number of nitrogens with zero attached hydrogens (tertiary/aromatic N) is 2. The predicted molar refractivity (Wildman–Crippen MR) is 114 cm³/mol. The van der Waals surface area contributed by atoms with Crippen LogP contribution in [0.4, 0.5) is 11.4 Å². The molecule has 0 bridgehead atoms. The van der Waals surface area contributed by atoms with Crippen molar-refractivity contribution in [3.63, 3.8) is 0 Å². The Balaban J connectivity index is 0.00000225. The first-order valence-electron chi connectivity index (χ1n) is 8.21. The van der Waals surface area contributed by atoms with Crippen molar-refractivity contribution < 1.29 is 4.79 Å². The van der Waals surface area contributed by atoms with E-state index in [1.54, 1.807) is 4.90 Å². The van der Waals surface area contributed by atoms with Crippen LogP contribution >= 0.6 is 24.0 Å². The van der Waals surface area contributed by atoms with E-state index in [0.29, 0.717) is 6.54 Å². The fourth-order valence-electron chi connectivity index (χ4n) is 2.85. The van der Waals surface area contributed by atoms with Crippen molar-refractivity contribution in [3.8, 4) is 0 Å². The molecule has 0 unspecified atom stereocenters. The summed E-state index contributed by atoms with van der Waals surface area (Å²) in [6.45, 7) is 2.86. The van der Waals surface area contributed by atoms with Gasteiger partial charge in [-0.1, -0.05) is 37.3 Å². The molecule has 3 N–H and O–H groups in total. The van der Waals surface area contributed by atoms with E-state index in [4.69, 9.17) is 5.73 Å². The highest BCUT2D eigenvalue weighted by Crippen LogP contribution is 2.27. The van der Waals surface area contributed by atoms with E-state index < -0.39 is 0 Å². The maximum Gasteiger partial charge on any atom is 0.248 e. The number of anilines is 2. The van der Waals surface area contributed by atoms with Crippen LogP contribution in [0.3, 0.4) is 0 Å². The number of hydrogen-bond acceptors (Lipinski definition) is 2. The van der Waals surface area contributed by atoms with Crippen molar-refractivity contribution in [3.05, 3.63) is 59.7 Å². The van der Waals surface area contributed by atoms with E-state index >= 15 is 0 Å². The second-order valence-corrected chi connectivity index (χ2v) is 5.80. The van der Waals surface area contributed by atoms with Gasteiger partial charge in [-0.3, -0.25) is 4.79 Å². The molecule has 0 aromatic heterocycles. The molecule has 0 atom stereocenters. The maximum absolute atomic E-state index is 12.4. The number of amides is 1. The van der Waals surface area contributed by atoms with Crippen molar-refractivity contribution in [2.45, 2.75) is 19.8 Å². The van der Waals surface area contributed by atoms with Gasteiger partial charge < -0.3 is 16.0 Å². The number of rotatable bonds is 4. The minimum absolute atomic E-state index is 0. The van der Waals surface area contributed by atoms with E-state index in [0.717, 1.165) is 24.2 Å². The largest absolute Gasteiger partial charge is 0.370 e. The number of carbonyl (C=O) groups is 1. The molecular weight excluding hydrogens is 427 g/mol. The normalized spacial score (nSPS) is 13.2. The molecule has 0 spiro atoms. The van der Waals surface area contributed by atoms with E-state index in [1.807, 2.05) is 42.5 Å². The molecule has 5 nitrogen and oxygen atoms in total. The van der Waals surface area contributed by atoms with Gasteiger partial charge in [-0.15, -0.1) is 24.0 Å². The number of nitrogens with one attached hydrogen (secondary N) is 1. The number of halogens is 1. The van der Waals surface area contributed by atoms with Crippen LogP contribution in [0.25, 0.3) is 0 Å². The summed E-state index contributed by atoms with van der Waals surface area (Å²) in [5.74, 6) is 0.214. The van der Waals surface area contributed by atoms with E-state index in [-0.39, 0.29) is 42.4 Å². The van der Waals surface area contributed by atoms with Crippen molar-refractivity contribution in [1.82, 2.24) is 0 Å². The third-order valence-electron chi connectivity index (χ3n) is 4.21. The van der Waals surface area contributed by atoms with Crippen LogP contribution in [0.2, 0.25) is 0 Å². The highest BCUT2D eigenvalue weighted by atomic mass is 127. The number of carbonyl (C=O) groups excluding carboxylic acids is 1. The fourth-order valence-corrected chi connectivity index (χ4v) is 2.85. The zero-order chi connectivity index (χ0) is 16.9. The molecule has 6 heteroatoms. The lowest BCUT2D eigenvalue weighted by atomic mass is 10.1. The van der Waals surface area contributed by atoms with Crippen LogP contribution in [-0.2, 0) is 17.6 Å². The number of para-hydroxylation sites is 1. The minimum Gasteiger partial charge on any atom is -0.370 e. The van der Waals surface area contributed by atoms with Gasteiger partial charge in [0.2, 0.25) is 5.91 Å². The Morgan fingerprint density at radius 1 is 1.20 bits per heavy atom. The lowest BCUT2D eigenvalue weighted by Gasteiger charge is -2.16. The summed E-state index contributed by atoms with van der Waals surface area (Å²) in [7, 11) is 0. The SMILES string of the molecule is CCc1ccc(NC(N)=NCC(=O)N2CCc3ccccc32)cc1.I. The summed E-state index contributed by atoms with van der Waals surface area (Å²) in [5, 5.41) is 3.02. The fraction of sp³-hybridized carbons (Fsp3) is 0.263. The van der Waals surface area contributed by atoms with Crippen LogP contribution in [0, 0.1) is 0 Å². The smallest absolute Gasteiger partial charge is 0.248 e. The van der Waals surface area contributed by atoms with Gasteiger partial charge in [0, 0.05) is 17.9 Å². The summed E-state index contributed by atoms with van der Waals surface area (Å²) >= 11 is 0. The van der Waals surface area contributed by atoms with Gasteiger partial charge in [0.1, 0.15) is 6.54 Å². The van der Waals surface area contributed by atoms with Gasteiger partial charge in [0.05, 0.1) is 0 Å². The van der Waals surface area contributed by atoms with Crippen molar-refractivity contribution >= 4 is 47.2 Å². The third kappa shape index (κ3) is 4.72. The molecule has 1 aliphatic rings. The standard InChI is InChI=1S/C19H22N4O.HI/c1-2-14-7-9-16(10-8-14)22-19(20)21-13-18(24)23-12-11-15-5-3-4-6-17(15)23;/h3-10H,2,11-13H2,1H3,(H3,20,21,22);1H. The summed E-state index contributed by atoms with van der Waals surface area (Å²) in [5.41, 5.74) is 10.2. The monoisotopic (exact) mass is 450 g/mol. The lowest BCUT2D eigenvalue weighted by Crippen LogP contribution is -2.32. The molecule has 1 aliphatic heterocycles. The van der Waals surface area contributed by atoms with Crippen LogP contribution < -0.4 is 16.0 Å². The molecule has 0 saturated carbocycles. The van der Waals surface area contributed by atoms with Crippen molar-refractivity contribution in [1.29, 1.82) is 0 Å². The number of aryl methyl sites for hydroxylation is 1. The highest BCUT2D eigenvalue weighted by molar-refractivity contribution is 14.0. The molecule has 1 heterocycles. The molecule has 0 aliphatic carbocycles. The molecule has 2 aromatic rings.